The van der Waals surface area contributed by atoms with Crippen molar-refractivity contribution in [3.8, 4) is 11.3 Å². The summed E-state index contributed by atoms with van der Waals surface area (Å²) >= 11 is 0. The molecule has 1 aromatic carbocycles. The summed E-state index contributed by atoms with van der Waals surface area (Å²) in [6, 6.07) is 10.3. The summed E-state index contributed by atoms with van der Waals surface area (Å²) in [5.41, 5.74) is 3.38. The van der Waals surface area contributed by atoms with Gasteiger partial charge in [0.2, 0.25) is 0 Å². The average molecular weight is 492 g/mol. The molecule has 3 heteroatoms. The third-order valence-corrected chi connectivity index (χ3v) is 5.58. The zero-order chi connectivity index (χ0) is 18.1. The summed E-state index contributed by atoms with van der Waals surface area (Å²) < 4.78 is 22.4. The van der Waals surface area contributed by atoms with Gasteiger partial charge in [-0.25, -0.2) is 0 Å². The van der Waals surface area contributed by atoms with Crippen molar-refractivity contribution < 1.29 is 24.2 Å². The Kier molecular flexibility index (Phi) is 5.16. The second-order valence-corrected chi connectivity index (χ2v) is 12.1. The summed E-state index contributed by atoms with van der Waals surface area (Å²) in [5, 5.41) is 1.40. The van der Waals surface area contributed by atoms with E-state index in [9.17, 15) is 0 Å². The molecule has 1 heterocycles. The van der Waals surface area contributed by atoms with Crippen LogP contribution in [0.15, 0.2) is 30.5 Å². The van der Waals surface area contributed by atoms with Crippen molar-refractivity contribution in [2.24, 2.45) is 5.92 Å². The maximum absolute atomic E-state index is 7.46. The van der Waals surface area contributed by atoms with E-state index in [0.717, 1.165) is 17.7 Å². The molecular formula is C19H26IrNSi-. The van der Waals surface area contributed by atoms with Crippen molar-refractivity contribution in [2.75, 3.05) is 0 Å². The number of pyridine rings is 1. The van der Waals surface area contributed by atoms with Crippen LogP contribution in [0.4, 0.5) is 0 Å². The van der Waals surface area contributed by atoms with E-state index >= 15 is 0 Å². The molecule has 0 saturated heterocycles. The number of aryl methyl sites for hydroxylation is 1. The first-order valence-electron chi connectivity index (χ1n) is 9.00. The van der Waals surface area contributed by atoms with Crippen molar-refractivity contribution >= 4 is 13.3 Å². The van der Waals surface area contributed by atoms with E-state index in [2.05, 4.69) is 50.6 Å². The predicted molar refractivity (Wildman–Crippen MR) is 94.8 cm³/mol. The molecule has 2 aromatic rings. The monoisotopic (exact) mass is 492 g/mol. The largest absolute Gasteiger partial charge is 0.305 e. The molecule has 121 valence electrons. The van der Waals surface area contributed by atoms with Crippen molar-refractivity contribution in [3.63, 3.8) is 0 Å². The standard InChI is InChI=1S/C19H26NSi.Ir/c1-14(2)11-17-12-18(16-9-7-15(3)8-10-16)20-13-19(17)21(4,5)6;/h7-9,12-14H,11H2,1-6H3;/q-1;/i3D3;. The topological polar surface area (TPSA) is 12.9 Å². The number of nitrogens with zero attached hydrogens (tertiary/aromatic N) is 1. The molecule has 0 aliphatic heterocycles. The van der Waals surface area contributed by atoms with Crippen LogP contribution in [-0.4, -0.2) is 13.1 Å². The van der Waals surface area contributed by atoms with Crippen LogP contribution in [0.25, 0.3) is 11.3 Å². The molecule has 0 aliphatic carbocycles. The molecule has 0 bridgehead atoms. The van der Waals surface area contributed by atoms with Gasteiger partial charge in [0.05, 0.1) is 8.07 Å². The molecule has 1 aromatic heterocycles. The van der Waals surface area contributed by atoms with Crippen molar-refractivity contribution in [2.45, 2.75) is 46.8 Å². The van der Waals surface area contributed by atoms with Crippen LogP contribution in [0.1, 0.15) is 29.1 Å². The fourth-order valence-corrected chi connectivity index (χ4v) is 4.10. The van der Waals surface area contributed by atoms with Gasteiger partial charge in [0, 0.05) is 30.4 Å². The fraction of sp³-hybridized carbons (Fsp3) is 0.421. The minimum atomic E-state index is -2.09. The first kappa shape index (κ1) is 14.8. The second-order valence-electron chi connectivity index (χ2n) is 7.07. The SMILES string of the molecule is [2H]C([2H])([2H])c1c[c-]c(-c2cc(CC(C)C)c([Si](C)(C)C)cn2)cc1.[Ir]. The number of aromatic nitrogens is 1. The van der Waals surface area contributed by atoms with Crippen LogP contribution in [0, 0.1) is 18.8 Å². The Morgan fingerprint density at radius 3 is 2.50 bits per heavy atom. The van der Waals surface area contributed by atoms with Crippen LogP contribution in [0.5, 0.6) is 0 Å². The summed E-state index contributed by atoms with van der Waals surface area (Å²) in [4.78, 5) is 4.64. The molecule has 0 saturated carbocycles. The molecular weight excluding hydrogens is 463 g/mol. The fourth-order valence-electron chi connectivity index (χ4n) is 2.51. The smallest absolute Gasteiger partial charge is 0.0798 e. The van der Waals surface area contributed by atoms with Crippen LogP contribution in [0.2, 0.25) is 19.6 Å². The third kappa shape index (κ3) is 4.87. The zero-order valence-corrected chi connectivity index (χ0v) is 17.3. The van der Waals surface area contributed by atoms with Crippen LogP contribution >= 0.6 is 0 Å². The van der Waals surface area contributed by atoms with E-state index in [1.54, 1.807) is 18.2 Å². The van der Waals surface area contributed by atoms with E-state index in [4.69, 9.17) is 4.11 Å². The van der Waals surface area contributed by atoms with Gasteiger partial charge in [-0.3, -0.25) is 0 Å². The Labute approximate surface area is 154 Å². The summed E-state index contributed by atoms with van der Waals surface area (Å²) in [7, 11) is -1.45. The molecule has 0 atom stereocenters. The average Bonchev–Trinajstić information content (AvgIpc) is 2.44. The van der Waals surface area contributed by atoms with Gasteiger partial charge in [-0.2, -0.15) is 0 Å². The van der Waals surface area contributed by atoms with Gasteiger partial charge in [0.25, 0.3) is 0 Å². The Morgan fingerprint density at radius 1 is 1.27 bits per heavy atom. The van der Waals surface area contributed by atoms with Gasteiger partial charge in [-0.1, -0.05) is 52.0 Å². The van der Waals surface area contributed by atoms with E-state index in [0.29, 0.717) is 11.5 Å². The van der Waals surface area contributed by atoms with Gasteiger partial charge in [0.1, 0.15) is 0 Å². The normalized spacial score (nSPS) is 14.0. The Bertz CT molecular complexity index is 704. The van der Waals surface area contributed by atoms with Crippen LogP contribution in [-0.2, 0) is 26.5 Å². The number of hydrogen-bond acceptors (Lipinski definition) is 1. The van der Waals surface area contributed by atoms with Gasteiger partial charge in [-0.15, -0.1) is 35.4 Å². The van der Waals surface area contributed by atoms with Crippen LogP contribution < -0.4 is 5.19 Å². The molecule has 0 spiro atoms. The number of benzene rings is 1. The maximum atomic E-state index is 7.46. The second kappa shape index (κ2) is 7.67. The van der Waals surface area contributed by atoms with Crippen molar-refractivity contribution in [1.82, 2.24) is 4.98 Å². The first-order chi connectivity index (χ1) is 11.0. The summed E-state index contributed by atoms with van der Waals surface area (Å²) in [6.45, 7) is 9.38. The molecule has 0 unspecified atom stereocenters. The van der Waals surface area contributed by atoms with E-state index in [1.807, 2.05) is 6.20 Å². The molecule has 1 nitrogen and oxygen atoms in total. The van der Waals surface area contributed by atoms with Gasteiger partial charge in [0.15, 0.2) is 0 Å². The van der Waals surface area contributed by atoms with E-state index in [-0.39, 0.29) is 20.1 Å². The van der Waals surface area contributed by atoms with Crippen molar-refractivity contribution in [1.29, 1.82) is 0 Å². The quantitative estimate of drug-likeness (QED) is 0.450. The molecule has 0 N–H and O–H groups in total. The molecule has 0 aliphatic rings. The molecule has 22 heavy (non-hydrogen) atoms. The molecule has 0 amide bonds. The zero-order valence-electron chi connectivity index (χ0n) is 17.0. The minimum Gasteiger partial charge on any atom is -0.305 e. The van der Waals surface area contributed by atoms with Gasteiger partial charge in [-0.05, 0) is 23.2 Å². The summed E-state index contributed by atoms with van der Waals surface area (Å²) in [6.07, 6.45) is 3.05. The van der Waals surface area contributed by atoms with Gasteiger partial charge < -0.3 is 4.98 Å². The van der Waals surface area contributed by atoms with Crippen LogP contribution in [0.3, 0.4) is 0 Å². The minimum absolute atomic E-state index is 0. The maximum Gasteiger partial charge on any atom is 0.0798 e. The molecule has 1 radical (unpaired) electrons. The predicted octanol–water partition coefficient (Wildman–Crippen LogP) is 4.60. The third-order valence-electron chi connectivity index (χ3n) is 3.51. The van der Waals surface area contributed by atoms with E-state index in [1.165, 1.54) is 10.8 Å². The Balaban J connectivity index is 0.00000312. The molecule has 0 fully saturated rings. The van der Waals surface area contributed by atoms with E-state index < -0.39 is 14.9 Å². The van der Waals surface area contributed by atoms with Crippen molar-refractivity contribution in [3.05, 3.63) is 47.7 Å². The Hall–Kier alpha value is -0.764. The first-order valence-corrected chi connectivity index (χ1v) is 11.0. The van der Waals surface area contributed by atoms with Gasteiger partial charge >= 0.3 is 0 Å². The Morgan fingerprint density at radius 2 is 2.00 bits per heavy atom. The summed E-state index contributed by atoms with van der Waals surface area (Å²) in [5.74, 6) is 0.581. The molecule has 2 rings (SSSR count). The number of hydrogen-bond donors (Lipinski definition) is 0. The number of rotatable bonds is 4.